The van der Waals surface area contributed by atoms with Crippen molar-refractivity contribution < 1.29 is 4.79 Å². The van der Waals surface area contributed by atoms with E-state index >= 15 is 0 Å². The lowest BCUT2D eigenvalue weighted by molar-refractivity contribution is 0.101. The number of azo groups is 1. The van der Waals surface area contributed by atoms with Gasteiger partial charge in [-0.1, -0.05) is 18.2 Å². The number of carbonyl (C=O) groups is 1. The highest BCUT2D eigenvalue weighted by Crippen LogP contribution is 2.28. The van der Waals surface area contributed by atoms with Crippen LogP contribution in [0.1, 0.15) is 28.7 Å². The highest BCUT2D eigenvalue weighted by molar-refractivity contribution is 5.99. The molecule has 122 valence electrons. The Morgan fingerprint density at radius 3 is 2.42 bits per heavy atom. The van der Waals surface area contributed by atoms with Crippen LogP contribution in [0.5, 0.6) is 0 Å². The zero-order valence-electron chi connectivity index (χ0n) is 13.5. The largest absolute Gasteiger partial charge is 0.300 e. The summed E-state index contributed by atoms with van der Waals surface area (Å²) in [5, 5.41) is 17.7. The summed E-state index contributed by atoms with van der Waals surface area (Å²) in [6.07, 6.45) is 0. The van der Waals surface area contributed by atoms with Crippen molar-refractivity contribution in [3.8, 4) is 5.69 Å². The number of para-hydroxylation sites is 1. The maximum absolute atomic E-state index is 12.0. The Morgan fingerprint density at radius 1 is 1.12 bits per heavy atom. The van der Waals surface area contributed by atoms with Gasteiger partial charge in [0.05, 0.1) is 22.6 Å². The molecule has 0 saturated carbocycles. The van der Waals surface area contributed by atoms with Gasteiger partial charge in [0.15, 0.2) is 17.3 Å². The van der Waals surface area contributed by atoms with Crippen molar-refractivity contribution in [3.63, 3.8) is 0 Å². The third-order valence-electron chi connectivity index (χ3n) is 3.57. The van der Waals surface area contributed by atoms with Crippen LogP contribution in [-0.4, -0.2) is 25.8 Å². The zero-order chi connectivity index (χ0) is 17.3. The predicted octanol–water partition coefficient (Wildman–Crippen LogP) is 3.12. The molecule has 8 nitrogen and oxygen atoms in total. The second-order valence-corrected chi connectivity index (χ2v) is 5.34. The SMILES string of the molecule is CC(=O)c1c(C)nn(-c2ccccc2)c1N=Nc1c(C)[nH][nH]c1=O. The van der Waals surface area contributed by atoms with E-state index < -0.39 is 0 Å². The maximum Gasteiger partial charge on any atom is 0.291 e. The topological polar surface area (TPSA) is 108 Å². The Kier molecular flexibility index (Phi) is 3.95. The minimum absolute atomic E-state index is 0.164. The summed E-state index contributed by atoms with van der Waals surface area (Å²) in [6.45, 7) is 4.90. The monoisotopic (exact) mass is 324 g/mol. The van der Waals surface area contributed by atoms with Crippen molar-refractivity contribution in [1.29, 1.82) is 0 Å². The maximum atomic E-state index is 12.0. The normalized spacial score (nSPS) is 11.3. The molecule has 0 bridgehead atoms. The summed E-state index contributed by atoms with van der Waals surface area (Å²) in [5.41, 5.74) is 2.05. The van der Waals surface area contributed by atoms with Crippen molar-refractivity contribution >= 4 is 17.3 Å². The molecule has 2 aromatic heterocycles. The van der Waals surface area contributed by atoms with E-state index in [4.69, 9.17) is 0 Å². The molecule has 0 aliphatic rings. The van der Waals surface area contributed by atoms with Gasteiger partial charge < -0.3 is 5.10 Å². The number of benzene rings is 1. The molecule has 0 radical (unpaired) electrons. The molecule has 0 amide bonds. The molecule has 0 saturated heterocycles. The number of nitrogens with zero attached hydrogens (tertiary/aromatic N) is 4. The molecule has 24 heavy (non-hydrogen) atoms. The summed E-state index contributed by atoms with van der Waals surface area (Å²) >= 11 is 0. The van der Waals surface area contributed by atoms with Gasteiger partial charge in [-0.15, -0.1) is 10.2 Å². The van der Waals surface area contributed by atoms with Gasteiger partial charge in [-0.2, -0.15) is 5.10 Å². The molecule has 2 N–H and O–H groups in total. The van der Waals surface area contributed by atoms with Gasteiger partial charge in [-0.25, -0.2) is 4.68 Å². The molecule has 8 heteroatoms. The molecule has 0 aliphatic heterocycles. The Hall–Kier alpha value is -3.29. The second-order valence-electron chi connectivity index (χ2n) is 5.34. The van der Waals surface area contributed by atoms with Crippen molar-refractivity contribution in [2.24, 2.45) is 10.2 Å². The third kappa shape index (κ3) is 2.69. The molecule has 3 aromatic rings. The first-order valence-electron chi connectivity index (χ1n) is 7.34. The molecule has 2 heterocycles. The number of ketones is 1. The molecular weight excluding hydrogens is 308 g/mol. The molecule has 3 rings (SSSR count). The summed E-state index contributed by atoms with van der Waals surface area (Å²) in [6, 6.07) is 9.31. The van der Waals surface area contributed by atoms with Crippen LogP contribution in [0.2, 0.25) is 0 Å². The van der Waals surface area contributed by atoms with Crippen LogP contribution < -0.4 is 5.56 Å². The first kappa shape index (κ1) is 15.6. The Labute approximate surface area is 137 Å². The van der Waals surface area contributed by atoms with Gasteiger partial charge >= 0.3 is 0 Å². The first-order chi connectivity index (χ1) is 11.5. The van der Waals surface area contributed by atoms with Crippen molar-refractivity contribution in [2.45, 2.75) is 20.8 Å². The standard InChI is InChI=1S/C16H16N6O2/c1-9-13(11(3)23)15(19-18-14-10(2)17-20-16(14)24)22(21-9)12-7-5-4-6-8-12/h4-8H,1-3H3,(H2,17,20,24). The van der Waals surface area contributed by atoms with Gasteiger partial charge in [0, 0.05) is 0 Å². The number of hydrogen-bond donors (Lipinski definition) is 2. The van der Waals surface area contributed by atoms with Crippen LogP contribution in [0.4, 0.5) is 11.5 Å². The first-order valence-corrected chi connectivity index (χ1v) is 7.34. The summed E-state index contributed by atoms with van der Waals surface area (Å²) in [5.74, 6) is 0.134. The van der Waals surface area contributed by atoms with Crippen molar-refractivity contribution in [3.05, 3.63) is 57.6 Å². The number of rotatable bonds is 4. The lowest BCUT2D eigenvalue weighted by Gasteiger charge is -2.03. The Balaban J connectivity index is 2.18. The van der Waals surface area contributed by atoms with E-state index in [-0.39, 0.29) is 17.0 Å². The molecule has 1 aromatic carbocycles. The second kappa shape index (κ2) is 6.07. The minimum Gasteiger partial charge on any atom is -0.300 e. The quantitative estimate of drug-likeness (QED) is 0.568. The fraction of sp³-hybridized carbons (Fsp3) is 0.188. The number of aromatic nitrogens is 4. The molecule has 0 aliphatic carbocycles. The summed E-state index contributed by atoms with van der Waals surface area (Å²) in [4.78, 5) is 23.7. The predicted molar refractivity (Wildman–Crippen MR) is 88.6 cm³/mol. The van der Waals surface area contributed by atoms with E-state index in [1.165, 1.54) is 6.92 Å². The molecule has 0 fully saturated rings. The van der Waals surface area contributed by atoms with Crippen LogP contribution in [0.3, 0.4) is 0 Å². The zero-order valence-corrected chi connectivity index (χ0v) is 13.5. The number of nitrogens with one attached hydrogen (secondary N) is 2. The van der Waals surface area contributed by atoms with Gasteiger partial charge in [0.2, 0.25) is 0 Å². The molecule has 0 spiro atoms. The number of aryl methyl sites for hydroxylation is 2. The van der Waals surface area contributed by atoms with Crippen LogP contribution in [0.15, 0.2) is 45.4 Å². The average Bonchev–Trinajstić information content (AvgIpc) is 3.06. The van der Waals surface area contributed by atoms with E-state index in [2.05, 4.69) is 25.5 Å². The molecule has 0 atom stereocenters. The van der Waals surface area contributed by atoms with Gasteiger partial charge in [0.25, 0.3) is 5.56 Å². The average molecular weight is 324 g/mol. The highest BCUT2D eigenvalue weighted by atomic mass is 16.1. The minimum atomic E-state index is -0.372. The smallest absolute Gasteiger partial charge is 0.291 e. The summed E-state index contributed by atoms with van der Waals surface area (Å²) in [7, 11) is 0. The lowest BCUT2D eigenvalue weighted by Crippen LogP contribution is -1.98. The number of hydrogen-bond acceptors (Lipinski definition) is 5. The van der Waals surface area contributed by atoms with E-state index in [0.717, 1.165) is 5.69 Å². The Morgan fingerprint density at radius 2 is 1.83 bits per heavy atom. The fourth-order valence-electron chi connectivity index (χ4n) is 2.43. The third-order valence-corrected chi connectivity index (χ3v) is 3.57. The van der Waals surface area contributed by atoms with Crippen LogP contribution >= 0.6 is 0 Å². The van der Waals surface area contributed by atoms with E-state index in [0.29, 0.717) is 22.8 Å². The van der Waals surface area contributed by atoms with Crippen molar-refractivity contribution in [1.82, 2.24) is 20.0 Å². The fourth-order valence-corrected chi connectivity index (χ4v) is 2.43. The van der Waals surface area contributed by atoms with Gasteiger partial charge in [0.1, 0.15) is 0 Å². The highest BCUT2D eigenvalue weighted by Gasteiger charge is 2.20. The Bertz CT molecular complexity index is 978. The number of Topliss-reactive ketones (excluding diaryl/α,β-unsaturated/α-hetero) is 1. The molecular formula is C16H16N6O2. The van der Waals surface area contributed by atoms with E-state index in [1.54, 1.807) is 18.5 Å². The molecule has 0 unspecified atom stereocenters. The van der Waals surface area contributed by atoms with Gasteiger partial charge in [-0.3, -0.25) is 14.7 Å². The van der Waals surface area contributed by atoms with Crippen LogP contribution in [0, 0.1) is 13.8 Å². The number of carbonyl (C=O) groups excluding carboxylic acids is 1. The van der Waals surface area contributed by atoms with Crippen LogP contribution in [-0.2, 0) is 0 Å². The van der Waals surface area contributed by atoms with Crippen LogP contribution in [0.25, 0.3) is 5.69 Å². The van der Waals surface area contributed by atoms with E-state index in [1.807, 2.05) is 30.3 Å². The number of aromatic amines is 2. The summed E-state index contributed by atoms with van der Waals surface area (Å²) < 4.78 is 1.55. The van der Waals surface area contributed by atoms with Crippen molar-refractivity contribution in [2.75, 3.05) is 0 Å². The lowest BCUT2D eigenvalue weighted by atomic mass is 10.2. The van der Waals surface area contributed by atoms with E-state index in [9.17, 15) is 9.59 Å². The van der Waals surface area contributed by atoms with Gasteiger partial charge in [-0.05, 0) is 32.9 Å². The number of H-pyrrole nitrogens is 2.